The first-order valence-electron chi connectivity index (χ1n) is 7.34. The van der Waals surface area contributed by atoms with Crippen molar-refractivity contribution in [2.75, 3.05) is 18.6 Å². The van der Waals surface area contributed by atoms with Crippen LogP contribution in [0.25, 0.3) is 0 Å². The number of carbonyl (C=O) groups is 1. The summed E-state index contributed by atoms with van der Waals surface area (Å²) in [4.78, 5) is 13.4. The molecule has 0 aromatic carbocycles. The summed E-state index contributed by atoms with van der Waals surface area (Å²) >= 11 is 6.68. The van der Waals surface area contributed by atoms with Crippen LogP contribution < -0.4 is 21.9 Å². The van der Waals surface area contributed by atoms with E-state index in [0.717, 1.165) is 29.7 Å². The lowest BCUT2D eigenvalue weighted by Crippen LogP contribution is -2.43. The molecule has 8 heteroatoms. The van der Waals surface area contributed by atoms with Crippen molar-refractivity contribution in [2.45, 2.75) is 40.0 Å². The van der Waals surface area contributed by atoms with Crippen LogP contribution in [0.3, 0.4) is 0 Å². The normalized spacial score (nSPS) is 10.4. The molecule has 124 valence electrons. The van der Waals surface area contributed by atoms with Crippen LogP contribution in [0.2, 0.25) is 0 Å². The number of rotatable bonds is 8. The maximum atomic E-state index is 12.3. The van der Waals surface area contributed by atoms with E-state index in [1.807, 2.05) is 6.92 Å². The Morgan fingerprint density at radius 1 is 1.41 bits per heavy atom. The van der Waals surface area contributed by atoms with Crippen LogP contribution in [-0.4, -0.2) is 24.4 Å². The molecule has 6 nitrogen and oxygen atoms in total. The quantitative estimate of drug-likeness (QED) is 0.249. The summed E-state index contributed by atoms with van der Waals surface area (Å²) < 4.78 is 5.19. The molecule has 0 amide bonds. The van der Waals surface area contributed by atoms with E-state index in [-0.39, 0.29) is 12.6 Å². The van der Waals surface area contributed by atoms with E-state index in [4.69, 9.17) is 22.7 Å². The number of nitrogens with one attached hydrogen (secondary N) is 3. The molecule has 5 N–H and O–H groups in total. The van der Waals surface area contributed by atoms with Gasteiger partial charge in [0.1, 0.15) is 5.00 Å². The maximum Gasteiger partial charge on any atom is 0.341 e. The van der Waals surface area contributed by atoms with E-state index in [2.05, 4.69) is 23.1 Å². The lowest BCUT2D eigenvalue weighted by molar-refractivity contribution is 0.0527. The van der Waals surface area contributed by atoms with Crippen molar-refractivity contribution >= 4 is 39.6 Å². The fourth-order valence-corrected chi connectivity index (χ4v) is 3.34. The SMILES string of the molecule is CCCCc1c(C)sc(NC(=S)NNCN)c1C(=O)OCC. The van der Waals surface area contributed by atoms with E-state index in [1.54, 1.807) is 6.92 Å². The van der Waals surface area contributed by atoms with Gasteiger partial charge in [-0.2, -0.15) is 0 Å². The minimum Gasteiger partial charge on any atom is -0.462 e. The van der Waals surface area contributed by atoms with Crippen molar-refractivity contribution in [3.05, 3.63) is 16.0 Å². The Hall–Kier alpha value is -1.22. The zero-order valence-corrected chi connectivity index (χ0v) is 14.9. The second kappa shape index (κ2) is 9.73. The average Bonchev–Trinajstić information content (AvgIpc) is 2.78. The smallest absolute Gasteiger partial charge is 0.341 e. The molecular formula is C14H24N4O2S2. The number of carbonyl (C=O) groups excluding carboxylic acids is 1. The molecule has 0 unspecified atom stereocenters. The summed E-state index contributed by atoms with van der Waals surface area (Å²) in [6.07, 6.45) is 2.96. The van der Waals surface area contributed by atoms with Gasteiger partial charge in [-0.3, -0.25) is 5.43 Å². The van der Waals surface area contributed by atoms with Crippen LogP contribution in [0.1, 0.15) is 47.5 Å². The van der Waals surface area contributed by atoms with Gasteiger partial charge in [-0.25, -0.2) is 10.2 Å². The Labute approximate surface area is 140 Å². The Kier molecular flexibility index (Phi) is 8.32. The van der Waals surface area contributed by atoms with Gasteiger partial charge in [0.05, 0.1) is 18.8 Å². The summed E-state index contributed by atoms with van der Waals surface area (Å²) in [6.45, 7) is 6.53. The molecule has 0 atom stereocenters. The molecule has 0 saturated carbocycles. The van der Waals surface area contributed by atoms with Crippen LogP contribution in [0.4, 0.5) is 5.00 Å². The van der Waals surface area contributed by atoms with Gasteiger partial charge in [0.2, 0.25) is 0 Å². The summed E-state index contributed by atoms with van der Waals surface area (Å²) in [5.74, 6) is -0.310. The predicted molar refractivity (Wildman–Crippen MR) is 95.2 cm³/mol. The zero-order chi connectivity index (χ0) is 16.5. The average molecular weight is 345 g/mol. The molecule has 1 aromatic heterocycles. The lowest BCUT2D eigenvalue weighted by atomic mass is 10.0. The van der Waals surface area contributed by atoms with E-state index < -0.39 is 0 Å². The largest absolute Gasteiger partial charge is 0.462 e. The van der Waals surface area contributed by atoms with E-state index in [9.17, 15) is 4.79 Å². The Morgan fingerprint density at radius 3 is 2.73 bits per heavy atom. The third-order valence-electron chi connectivity index (χ3n) is 3.00. The first-order chi connectivity index (χ1) is 10.5. The molecule has 1 aromatic rings. The van der Waals surface area contributed by atoms with E-state index in [1.165, 1.54) is 11.3 Å². The second-order valence-electron chi connectivity index (χ2n) is 4.62. The number of nitrogens with two attached hydrogens (primary N) is 1. The number of thiocarbonyl (C=S) groups is 1. The van der Waals surface area contributed by atoms with Crippen molar-refractivity contribution < 1.29 is 9.53 Å². The number of hydrazine groups is 1. The highest BCUT2D eigenvalue weighted by molar-refractivity contribution is 7.80. The Bertz CT molecular complexity index is 517. The molecule has 1 heterocycles. The van der Waals surface area contributed by atoms with Gasteiger partial charge in [-0.05, 0) is 44.5 Å². The molecule has 0 spiro atoms. The van der Waals surface area contributed by atoms with Crippen molar-refractivity contribution in [1.82, 2.24) is 10.9 Å². The molecule has 0 aliphatic rings. The van der Waals surface area contributed by atoms with Crippen LogP contribution >= 0.6 is 23.6 Å². The van der Waals surface area contributed by atoms with Crippen LogP contribution in [0.15, 0.2) is 0 Å². The summed E-state index contributed by atoms with van der Waals surface area (Å²) in [6, 6.07) is 0. The van der Waals surface area contributed by atoms with Crippen LogP contribution in [0.5, 0.6) is 0 Å². The first kappa shape index (κ1) is 18.8. The van der Waals surface area contributed by atoms with E-state index >= 15 is 0 Å². The fraction of sp³-hybridized carbons (Fsp3) is 0.571. The third kappa shape index (κ3) is 5.20. The minimum absolute atomic E-state index is 0.248. The molecule has 22 heavy (non-hydrogen) atoms. The number of unbranched alkanes of at least 4 members (excludes halogenated alkanes) is 1. The highest BCUT2D eigenvalue weighted by Gasteiger charge is 2.23. The lowest BCUT2D eigenvalue weighted by Gasteiger charge is -2.11. The second-order valence-corrected chi connectivity index (χ2v) is 6.26. The van der Waals surface area contributed by atoms with Crippen LogP contribution in [-0.2, 0) is 11.2 Å². The summed E-state index contributed by atoms with van der Waals surface area (Å²) in [7, 11) is 0. The predicted octanol–water partition coefficient (Wildman–Crippen LogP) is 2.28. The number of thiophene rings is 1. The van der Waals surface area contributed by atoms with Gasteiger partial charge in [-0.15, -0.1) is 11.3 Å². The van der Waals surface area contributed by atoms with Gasteiger partial charge in [0.15, 0.2) is 5.11 Å². The third-order valence-corrected chi connectivity index (χ3v) is 4.27. The highest BCUT2D eigenvalue weighted by Crippen LogP contribution is 2.34. The van der Waals surface area contributed by atoms with Gasteiger partial charge >= 0.3 is 5.97 Å². The van der Waals surface area contributed by atoms with Gasteiger partial charge < -0.3 is 15.8 Å². The van der Waals surface area contributed by atoms with Gasteiger partial charge in [0.25, 0.3) is 0 Å². The molecule has 0 aliphatic heterocycles. The number of ether oxygens (including phenoxy) is 1. The molecule has 0 radical (unpaired) electrons. The molecule has 0 saturated heterocycles. The highest BCUT2D eigenvalue weighted by atomic mass is 32.1. The number of aryl methyl sites for hydroxylation is 1. The van der Waals surface area contributed by atoms with E-state index in [0.29, 0.717) is 22.3 Å². The zero-order valence-electron chi connectivity index (χ0n) is 13.2. The van der Waals surface area contributed by atoms with Crippen molar-refractivity contribution in [3.63, 3.8) is 0 Å². The summed E-state index contributed by atoms with van der Waals surface area (Å²) in [5.41, 5.74) is 12.4. The number of hydrogen-bond acceptors (Lipinski definition) is 6. The maximum absolute atomic E-state index is 12.3. The standard InChI is InChI=1S/C14H24N4O2S2/c1-4-6-7-10-9(3)22-12(11(10)13(19)20-5-2)17-14(21)18-16-8-15/h16H,4-8,15H2,1-3H3,(H2,17,18,21). The van der Waals surface area contributed by atoms with Crippen molar-refractivity contribution in [2.24, 2.45) is 5.73 Å². The Balaban J connectivity index is 3.03. The molecule has 1 rings (SSSR count). The Morgan fingerprint density at radius 2 is 2.14 bits per heavy atom. The topological polar surface area (TPSA) is 88.4 Å². The van der Waals surface area contributed by atoms with Crippen molar-refractivity contribution in [1.29, 1.82) is 0 Å². The number of hydrogen-bond donors (Lipinski definition) is 4. The van der Waals surface area contributed by atoms with Crippen LogP contribution in [0, 0.1) is 6.92 Å². The molecule has 0 fully saturated rings. The molecule has 0 bridgehead atoms. The summed E-state index contributed by atoms with van der Waals surface area (Å²) in [5, 5.41) is 4.11. The molecular weight excluding hydrogens is 320 g/mol. The number of esters is 1. The van der Waals surface area contributed by atoms with Gasteiger partial charge in [0, 0.05) is 4.88 Å². The minimum atomic E-state index is -0.310. The molecule has 0 aliphatic carbocycles. The monoisotopic (exact) mass is 344 g/mol. The number of anilines is 1. The first-order valence-corrected chi connectivity index (χ1v) is 8.56. The van der Waals surface area contributed by atoms with Crippen molar-refractivity contribution in [3.8, 4) is 0 Å². The van der Waals surface area contributed by atoms with Gasteiger partial charge in [-0.1, -0.05) is 13.3 Å². The fourth-order valence-electron chi connectivity index (χ4n) is 2.01.